The van der Waals surface area contributed by atoms with Crippen LogP contribution in [0.15, 0.2) is 18.2 Å². The minimum absolute atomic E-state index is 0.0627. The molecular weight excluding hydrogens is 276 g/mol. The molecule has 1 saturated heterocycles. The Morgan fingerprint density at radius 1 is 1.15 bits per heavy atom. The highest BCUT2D eigenvalue weighted by molar-refractivity contribution is 7.80. The number of rotatable bonds is 6. The molecule has 1 fully saturated rings. The minimum Gasteiger partial charge on any atom is -0.493 e. The van der Waals surface area contributed by atoms with E-state index in [4.69, 9.17) is 18.9 Å². The Balaban J connectivity index is 2.13. The van der Waals surface area contributed by atoms with E-state index in [0.717, 1.165) is 31.8 Å². The predicted molar refractivity (Wildman–Crippen MR) is 81.4 cm³/mol. The second kappa shape index (κ2) is 7.09. The van der Waals surface area contributed by atoms with Crippen molar-refractivity contribution in [2.24, 2.45) is 5.41 Å². The zero-order valence-corrected chi connectivity index (χ0v) is 12.9. The smallest absolute Gasteiger partial charge is 0.203 e. The van der Waals surface area contributed by atoms with Crippen molar-refractivity contribution in [1.29, 1.82) is 0 Å². The van der Waals surface area contributed by atoms with Gasteiger partial charge in [0, 0.05) is 18.6 Å². The zero-order chi connectivity index (χ0) is 14.4. The van der Waals surface area contributed by atoms with Crippen molar-refractivity contribution in [2.45, 2.75) is 12.8 Å². The first-order valence-corrected chi connectivity index (χ1v) is 7.40. The van der Waals surface area contributed by atoms with Gasteiger partial charge in [-0.15, -0.1) is 0 Å². The molecular formula is C15H22O4S. The summed E-state index contributed by atoms with van der Waals surface area (Å²) in [6, 6.07) is 5.62. The third-order valence-electron chi connectivity index (χ3n) is 3.79. The lowest BCUT2D eigenvalue weighted by atomic mass is 9.83. The predicted octanol–water partition coefficient (Wildman–Crippen LogP) is 2.81. The van der Waals surface area contributed by atoms with Crippen molar-refractivity contribution >= 4 is 12.6 Å². The van der Waals surface area contributed by atoms with Gasteiger partial charge in [-0.05, 0) is 30.7 Å². The van der Waals surface area contributed by atoms with Gasteiger partial charge in [0.2, 0.25) is 5.75 Å². The molecule has 0 amide bonds. The van der Waals surface area contributed by atoms with Crippen LogP contribution in [0.2, 0.25) is 0 Å². The van der Waals surface area contributed by atoms with Gasteiger partial charge in [0.25, 0.3) is 0 Å². The van der Waals surface area contributed by atoms with Crippen molar-refractivity contribution in [2.75, 3.05) is 39.8 Å². The molecule has 0 aliphatic carbocycles. The average Bonchev–Trinajstić information content (AvgIpc) is 2.53. The van der Waals surface area contributed by atoms with Crippen LogP contribution in [0.5, 0.6) is 17.2 Å². The van der Waals surface area contributed by atoms with E-state index >= 15 is 0 Å². The Morgan fingerprint density at radius 2 is 1.75 bits per heavy atom. The van der Waals surface area contributed by atoms with Gasteiger partial charge in [-0.1, -0.05) is 6.07 Å². The van der Waals surface area contributed by atoms with Crippen LogP contribution in [0.4, 0.5) is 0 Å². The number of hydrogen-bond donors (Lipinski definition) is 1. The summed E-state index contributed by atoms with van der Waals surface area (Å²) in [5, 5.41) is 0. The Morgan fingerprint density at radius 3 is 2.25 bits per heavy atom. The van der Waals surface area contributed by atoms with Crippen LogP contribution in [-0.4, -0.2) is 39.8 Å². The maximum Gasteiger partial charge on any atom is 0.203 e. The highest BCUT2D eigenvalue weighted by atomic mass is 32.1. The topological polar surface area (TPSA) is 36.9 Å². The van der Waals surface area contributed by atoms with Crippen LogP contribution < -0.4 is 14.2 Å². The molecule has 20 heavy (non-hydrogen) atoms. The molecule has 112 valence electrons. The van der Waals surface area contributed by atoms with Crippen LogP contribution in [0.1, 0.15) is 12.8 Å². The van der Waals surface area contributed by atoms with Crippen LogP contribution in [0, 0.1) is 5.41 Å². The number of methoxy groups -OCH3 is 2. The maximum absolute atomic E-state index is 6.03. The van der Waals surface area contributed by atoms with Crippen LogP contribution in [0.3, 0.4) is 0 Å². The second-order valence-electron chi connectivity index (χ2n) is 5.05. The molecule has 4 nitrogen and oxygen atoms in total. The van der Waals surface area contributed by atoms with E-state index in [9.17, 15) is 0 Å². The van der Waals surface area contributed by atoms with Gasteiger partial charge < -0.3 is 18.9 Å². The number of benzene rings is 1. The molecule has 0 N–H and O–H groups in total. The maximum atomic E-state index is 6.03. The Bertz CT molecular complexity index is 408. The first-order chi connectivity index (χ1) is 9.74. The van der Waals surface area contributed by atoms with Crippen molar-refractivity contribution in [3.05, 3.63) is 18.2 Å². The summed E-state index contributed by atoms with van der Waals surface area (Å²) in [5.41, 5.74) is 0.0627. The average molecular weight is 298 g/mol. The van der Waals surface area contributed by atoms with E-state index in [-0.39, 0.29) is 5.41 Å². The Kier molecular flexibility index (Phi) is 5.43. The van der Waals surface area contributed by atoms with E-state index in [2.05, 4.69) is 12.6 Å². The molecule has 1 aromatic rings. The van der Waals surface area contributed by atoms with E-state index in [1.165, 1.54) is 0 Å². The van der Waals surface area contributed by atoms with E-state index < -0.39 is 0 Å². The minimum atomic E-state index is 0.0627. The highest BCUT2D eigenvalue weighted by Gasteiger charge is 2.33. The SMILES string of the molecule is COc1cccc(OC)c1OCC1(CS)CCOCC1. The first kappa shape index (κ1) is 15.3. The van der Waals surface area contributed by atoms with Crippen molar-refractivity contribution < 1.29 is 18.9 Å². The highest BCUT2D eigenvalue weighted by Crippen LogP contribution is 2.39. The molecule has 0 bridgehead atoms. The van der Waals surface area contributed by atoms with Gasteiger partial charge in [-0.2, -0.15) is 12.6 Å². The van der Waals surface area contributed by atoms with Crippen molar-refractivity contribution in [1.82, 2.24) is 0 Å². The fourth-order valence-electron chi connectivity index (χ4n) is 2.34. The number of hydrogen-bond acceptors (Lipinski definition) is 5. The molecule has 2 rings (SSSR count). The quantitative estimate of drug-likeness (QED) is 0.819. The lowest BCUT2D eigenvalue weighted by Crippen LogP contribution is -2.37. The summed E-state index contributed by atoms with van der Waals surface area (Å²) in [7, 11) is 3.26. The van der Waals surface area contributed by atoms with Gasteiger partial charge in [0.05, 0.1) is 20.8 Å². The molecule has 1 aliphatic heterocycles. The summed E-state index contributed by atoms with van der Waals surface area (Å²) < 4.78 is 22.1. The third-order valence-corrected chi connectivity index (χ3v) is 4.46. The van der Waals surface area contributed by atoms with Gasteiger partial charge in [0.15, 0.2) is 11.5 Å². The summed E-state index contributed by atoms with van der Waals surface area (Å²) >= 11 is 4.50. The molecule has 0 spiro atoms. The number of thiol groups is 1. The summed E-state index contributed by atoms with van der Waals surface area (Å²) in [5.74, 6) is 2.81. The molecule has 0 aromatic heterocycles. The first-order valence-electron chi connectivity index (χ1n) is 6.77. The second-order valence-corrected chi connectivity index (χ2v) is 5.37. The van der Waals surface area contributed by atoms with Crippen LogP contribution in [0.25, 0.3) is 0 Å². The molecule has 1 aliphatic rings. The normalized spacial score (nSPS) is 17.6. The summed E-state index contributed by atoms with van der Waals surface area (Å²) in [6.45, 7) is 2.14. The standard InChI is InChI=1S/C15H22O4S/c1-16-12-4-3-5-13(17-2)14(12)19-10-15(11-20)6-8-18-9-7-15/h3-5,20H,6-11H2,1-2H3. The summed E-state index contributed by atoms with van der Waals surface area (Å²) in [6.07, 6.45) is 1.93. The van der Waals surface area contributed by atoms with Crippen LogP contribution in [-0.2, 0) is 4.74 Å². The molecule has 1 aromatic carbocycles. The summed E-state index contributed by atoms with van der Waals surface area (Å²) in [4.78, 5) is 0. The lowest BCUT2D eigenvalue weighted by molar-refractivity contribution is 0.00227. The van der Waals surface area contributed by atoms with Gasteiger partial charge in [-0.25, -0.2) is 0 Å². The fourth-order valence-corrected chi connectivity index (χ4v) is 2.74. The molecule has 1 heterocycles. The van der Waals surface area contributed by atoms with E-state index in [1.807, 2.05) is 18.2 Å². The van der Waals surface area contributed by atoms with Crippen molar-refractivity contribution in [3.8, 4) is 17.2 Å². The molecule has 0 unspecified atom stereocenters. The van der Waals surface area contributed by atoms with Gasteiger partial charge in [0.1, 0.15) is 0 Å². The monoisotopic (exact) mass is 298 g/mol. The van der Waals surface area contributed by atoms with E-state index in [0.29, 0.717) is 23.9 Å². The number of para-hydroxylation sites is 1. The molecule has 0 atom stereocenters. The molecule has 0 saturated carbocycles. The van der Waals surface area contributed by atoms with Crippen molar-refractivity contribution in [3.63, 3.8) is 0 Å². The van der Waals surface area contributed by atoms with Crippen LogP contribution >= 0.6 is 12.6 Å². The third kappa shape index (κ3) is 3.33. The largest absolute Gasteiger partial charge is 0.493 e. The lowest BCUT2D eigenvalue weighted by Gasteiger charge is -2.35. The Labute approximate surface area is 125 Å². The fraction of sp³-hybridized carbons (Fsp3) is 0.600. The van der Waals surface area contributed by atoms with Gasteiger partial charge >= 0.3 is 0 Å². The molecule has 5 heteroatoms. The zero-order valence-electron chi connectivity index (χ0n) is 12.1. The Hall–Kier alpha value is -1.07. The van der Waals surface area contributed by atoms with E-state index in [1.54, 1.807) is 14.2 Å². The number of ether oxygens (including phenoxy) is 4. The van der Waals surface area contributed by atoms with Gasteiger partial charge in [-0.3, -0.25) is 0 Å². The molecule has 0 radical (unpaired) electrons.